The highest BCUT2D eigenvalue weighted by Crippen LogP contribution is 2.18. The molecular formula is C7H17NO2. The zero-order valence-electron chi connectivity index (χ0n) is 6.89. The molecule has 0 aliphatic heterocycles. The predicted octanol–water partition coefficient (Wildman–Crippen LogP) is -0.415. The van der Waals surface area contributed by atoms with Crippen molar-refractivity contribution in [2.24, 2.45) is 5.41 Å². The minimum atomic E-state index is -0.484. The number of aliphatic hydroxyl groups is 2. The summed E-state index contributed by atoms with van der Waals surface area (Å²) in [5.74, 6) is 0. The summed E-state index contributed by atoms with van der Waals surface area (Å²) in [7, 11) is 1.77. The highest BCUT2D eigenvalue weighted by Gasteiger charge is 2.25. The first-order valence-corrected chi connectivity index (χ1v) is 3.48. The fraction of sp³-hybridized carbons (Fsp3) is 1.00. The Hall–Kier alpha value is -0.120. The minimum absolute atomic E-state index is 0.00977. The van der Waals surface area contributed by atoms with Crippen LogP contribution in [-0.2, 0) is 0 Å². The van der Waals surface area contributed by atoms with Crippen molar-refractivity contribution in [3.05, 3.63) is 0 Å². The van der Waals surface area contributed by atoms with Crippen LogP contribution in [-0.4, -0.2) is 36.5 Å². The molecule has 0 heterocycles. The number of aliphatic hydroxyl groups excluding tert-OH is 2. The molecule has 62 valence electrons. The Kier molecular flexibility index (Phi) is 3.86. The third-order valence-corrected chi connectivity index (χ3v) is 1.71. The summed E-state index contributed by atoms with van der Waals surface area (Å²) >= 11 is 0. The van der Waals surface area contributed by atoms with Gasteiger partial charge in [0.1, 0.15) is 0 Å². The summed E-state index contributed by atoms with van der Waals surface area (Å²) in [6.45, 7) is 4.19. The van der Waals surface area contributed by atoms with Crippen LogP contribution < -0.4 is 5.32 Å². The Labute approximate surface area is 62.1 Å². The maximum atomic E-state index is 9.35. The average Bonchev–Trinajstić information content (AvgIpc) is 1.89. The molecule has 0 saturated heterocycles. The number of nitrogens with one attached hydrogen (secondary N) is 1. The van der Waals surface area contributed by atoms with Gasteiger partial charge in [0.2, 0.25) is 0 Å². The van der Waals surface area contributed by atoms with Crippen molar-refractivity contribution >= 4 is 0 Å². The van der Waals surface area contributed by atoms with Gasteiger partial charge in [-0.25, -0.2) is 0 Å². The fourth-order valence-corrected chi connectivity index (χ4v) is 0.575. The van der Waals surface area contributed by atoms with Crippen molar-refractivity contribution in [3.8, 4) is 0 Å². The molecule has 1 unspecified atom stereocenters. The van der Waals surface area contributed by atoms with Gasteiger partial charge in [-0.3, -0.25) is 0 Å². The average molecular weight is 147 g/mol. The first-order valence-electron chi connectivity index (χ1n) is 3.48. The van der Waals surface area contributed by atoms with Crippen molar-refractivity contribution in [3.63, 3.8) is 0 Å². The first kappa shape index (κ1) is 9.88. The Balaban J connectivity index is 3.78. The van der Waals surface area contributed by atoms with E-state index in [4.69, 9.17) is 5.11 Å². The monoisotopic (exact) mass is 147 g/mol. The van der Waals surface area contributed by atoms with Crippen molar-refractivity contribution in [2.75, 3.05) is 20.2 Å². The molecule has 0 rings (SSSR count). The third kappa shape index (κ3) is 2.64. The molecule has 0 bridgehead atoms. The lowest BCUT2D eigenvalue weighted by molar-refractivity contribution is 0.00983. The summed E-state index contributed by atoms with van der Waals surface area (Å²) in [4.78, 5) is 0. The van der Waals surface area contributed by atoms with Gasteiger partial charge in [-0.15, -0.1) is 0 Å². The molecule has 0 saturated carbocycles. The van der Waals surface area contributed by atoms with Crippen molar-refractivity contribution in [1.29, 1.82) is 0 Å². The molecule has 1 atom stereocenters. The Morgan fingerprint density at radius 2 is 2.00 bits per heavy atom. The van der Waals surface area contributed by atoms with E-state index in [1.807, 2.05) is 13.8 Å². The number of rotatable bonds is 4. The van der Waals surface area contributed by atoms with E-state index in [1.165, 1.54) is 0 Å². The van der Waals surface area contributed by atoms with E-state index in [0.29, 0.717) is 6.54 Å². The molecule has 0 fully saturated rings. The maximum absolute atomic E-state index is 9.35. The van der Waals surface area contributed by atoms with Crippen LogP contribution in [0.15, 0.2) is 0 Å². The fourth-order valence-electron chi connectivity index (χ4n) is 0.575. The summed E-state index contributed by atoms with van der Waals surface area (Å²) in [6.07, 6.45) is -0.484. The van der Waals surface area contributed by atoms with Gasteiger partial charge >= 0.3 is 0 Å². The van der Waals surface area contributed by atoms with E-state index in [-0.39, 0.29) is 6.61 Å². The molecule has 0 radical (unpaired) electrons. The molecule has 0 spiro atoms. The van der Waals surface area contributed by atoms with Crippen LogP contribution in [0, 0.1) is 5.41 Å². The topological polar surface area (TPSA) is 52.5 Å². The van der Waals surface area contributed by atoms with Gasteiger partial charge in [-0.05, 0) is 7.05 Å². The zero-order valence-corrected chi connectivity index (χ0v) is 6.89. The van der Waals surface area contributed by atoms with E-state index >= 15 is 0 Å². The number of hydrogen-bond donors (Lipinski definition) is 3. The Bertz CT molecular complexity index is 93.6. The number of likely N-dealkylation sites (N-methyl/N-ethyl adjacent to an activating group) is 1. The highest BCUT2D eigenvalue weighted by atomic mass is 16.3. The van der Waals surface area contributed by atoms with Gasteiger partial charge in [0.25, 0.3) is 0 Å². The lowest BCUT2D eigenvalue weighted by atomic mass is 9.87. The standard InChI is InChI=1S/C7H17NO2/c1-7(2,5-9)6(10)4-8-3/h6,8-10H,4-5H2,1-3H3. The Morgan fingerprint density at radius 3 is 2.30 bits per heavy atom. The lowest BCUT2D eigenvalue weighted by Crippen LogP contribution is -2.39. The summed E-state index contributed by atoms with van der Waals surface area (Å²) in [6, 6.07) is 0. The summed E-state index contributed by atoms with van der Waals surface area (Å²) in [5.41, 5.74) is -0.400. The van der Waals surface area contributed by atoms with Crippen LogP contribution in [0.5, 0.6) is 0 Å². The molecule has 0 amide bonds. The molecule has 3 nitrogen and oxygen atoms in total. The minimum Gasteiger partial charge on any atom is -0.396 e. The van der Waals surface area contributed by atoms with Crippen LogP contribution in [0.2, 0.25) is 0 Å². The zero-order chi connectivity index (χ0) is 8.20. The molecular weight excluding hydrogens is 130 g/mol. The highest BCUT2D eigenvalue weighted by molar-refractivity contribution is 4.77. The number of hydrogen-bond acceptors (Lipinski definition) is 3. The second-order valence-corrected chi connectivity index (χ2v) is 3.22. The molecule has 0 aliphatic carbocycles. The molecule has 0 aliphatic rings. The van der Waals surface area contributed by atoms with E-state index in [9.17, 15) is 5.11 Å². The summed E-state index contributed by atoms with van der Waals surface area (Å²) in [5, 5.41) is 21.0. The van der Waals surface area contributed by atoms with Crippen LogP contribution in [0.4, 0.5) is 0 Å². The van der Waals surface area contributed by atoms with Gasteiger partial charge < -0.3 is 15.5 Å². The Morgan fingerprint density at radius 1 is 1.50 bits per heavy atom. The van der Waals surface area contributed by atoms with Crippen LogP contribution in [0.3, 0.4) is 0 Å². The van der Waals surface area contributed by atoms with E-state index in [0.717, 1.165) is 0 Å². The second-order valence-electron chi connectivity index (χ2n) is 3.22. The van der Waals surface area contributed by atoms with Crippen molar-refractivity contribution in [1.82, 2.24) is 5.32 Å². The molecule has 10 heavy (non-hydrogen) atoms. The van der Waals surface area contributed by atoms with Crippen LogP contribution in [0.1, 0.15) is 13.8 Å². The van der Waals surface area contributed by atoms with E-state index < -0.39 is 11.5 Å². The van der Waals surface area contributed by atoms with Gasteiger partial charge in [-0.1, -0.05) is 13.8 Å². The predicted molar refractivity (Wildman–Crippen MR) is 40.8 cm³/mol. The smallest absolute Gasteiger partial charge is 0.0737 e. The molecule has 0 aromatic heterocycles. The molecule has 0 aromatic rings. The molecule has 3 heteroatoms. The van der Waals surface area contributed by atoms with Crippen molar-refractivity contribution in [2.45, 2.75) is 20.0 Å². The van der Waals surface area contributed by atoms with Crippen molar-refractivity contribution < 1.29 is 10.2 Å². The van der Waals surface area contributed by atoms with E-state index in [2.05, 4.69) is 5.32 Å². The molecule has 3 N–H and O–H groups in total. The largest absolute Gasteiger partial charge is 0.396 e. The maximum Gasteiger partial charge on any atom is 0.0737 e. The first-order chi connectivity index (χ1) is 4.54. The van der Waals surface area contributed by atoms with Crippen LogP contribution >= 0.6 is 0 Å². The molecule has 0 aromatic carbocycles. The summed E-state index contributed by atoms with van der Waals surface area (Å²) < 4.78 is 0. The van der Waals surface area contributed by atoms with Crippen LogP contribution in [0.25, 0.3) is 0 Å². The van der Waals surface area contributed by atoms with E-state index in [1.54, 1.807) is 7.05 Å². The van der Waals surface area contributed by atoms with Gasteiger partial charge in [0.15, 0.2) is 0 Å². The van der Waals surface area contributed by atoms with Gasteiger partial charge in [-0.2, -0.15) is 0 Å². The second kappa shape index (κ2) is 3.91. The lowest BCUT2D eigenvalue weighted by Gasteiger charge is -2.27. The van der Waals surface area contributed by atoms with Gasteiger partial charge in [0.05, 0.1) is 12.7 Å². The SMILES string of the molecule is CNCC(O)C(C)(C)CO. The third-order valence-electron chi connectivity index (χ3n) is 1.71. The van der Waals surface area contributed by atoms with Gasteiger partial charge in [0, 0.05) is 12.0 Å². The quantitative estimate of drug-likeness (QED) is 0.506. The normalized spacial score (nSPS) is 15.3.